The summed E-state index contributed by atoms with van der Waals surface area (Å²) in [4.78, 5) is 11.2. The van der Waals surface area contributed by atoms with Crippen LogP contribution in [0.3, 0.4) is 0 Å². The SMILES string of the molecule is CC(C)(C)C(=O)CNS(=O)(=O)c1ccc(F)c(F)c1. The van der Waals surface area contributed by atoms with E-state index in [4.69, 9.17) is 0 Å². The molecule has 0 aliphatic rings. The molecule has 0 bridgehead atoms. The van der Waals surface area contributed by atoms with E-state index in [1.807, 2.05) is 0 Å². The van der Waals surface area contributed by atoms with Crippen molar-refractivity contribution in [1.82, 2.24) is 4.72 Å². The predicted octanol–water partition coefficient (Wildman–Crippen LogP) is 1.86. The third-order valence-electron chi connectivity index (χ3n) is 2.46. The van der Waals surface area contributed by atoms with E-state index in [2.05, 4.69) is 4.72 Å². The van der Waals surface area contributed by atoms with Crippen LogP contribution in [0.5, 0.6) is 0 Å². The minimum atomic E-state index is -4.03. The van der Waals surface area contributed by atoms with Crippen molar-refractivity contribution in [3.05, 3.63) is 29.8 Å². The summed E-state index contributed by atoms with van der Waals surface area (Å²) in [5, 5.41) is 0. The Morgan fingerprint density at radius 1 is 1.21 bits per heavy atom. The van der Waals surface area contributed by atoms with Crippen LogP contribution >= 0.6 is 0 Å². The second-order valence-electron chi connectivity index (χ2n) is 5.07. The lowest BCUT2D eigenvalue weighted by molar-refractivity contribution is -0.125. The maximum absolute atomic E-state index is 13.0. The van der Waals surface area contributed by atoms with Crippen LogP contribution in [0.25, 0.3) is 0 Å². The van der Waals surface area contributed by atoms with E-state index in [0.717, 1.165) is 12.1 Å². The molecule has 0 aromatic heterocycles. The molecular weight excluding hydrogens is 276 g/mol. The Morgan fingerprint density at radius 3 is 2.26 bits per heavy atom. The van der Waals surface area contributed by atoms with Gasteiger partial charge in [-0.15, -0.1) is 0 Å². The van der Waals surface area contributed by atoms with Gasteiger partial charge in [-0.2, -0.15) is 0 Å². The molecule has 0 atom stereocenters. The average Bonchev–Trinajstić information content (AvgIpc) is 2.28. The van der Waals surface area contributed by atoms with Crippen LogP contribution in [0.1, 0.15) is 20.8 Å². The Morgan fingerprint density at radius 2 is 1.79 bits per heavy atom. The minimum absolute atomic E-state index is 0.307. The van der Waals surface area contributed by atoms with E-state index in [1.165, 1.54) is 0 Å². The van der Waals surface area contributed by atoms with Gasteiger partial charge in [-0.25, -0.2) is 21.9 Å². The molecule has 0 amide bonds. The molecule has 0 spiro atoms. The van der Waals surface area contributed by atoms with Crippen LogP contribution in [0.2, 0.25) is 0 Å². The topological polar surface area (TPSA) is 63.2 Å². The zero-order chi connectivity index (χ0) is 14.8. The van der Waals surface area contributed by atoms with Gasteiger partial charge >= 0.3 is 0 Å². The van der Waals surface area contributed by atoms with Gasteiger partial charge in [-0.3, -0.25) is 4.79 Å². The number of carbonyl (C=O) groups is 1. The fourth-order valence-corrected chi connectivity index (χ4v) is 2.15. The molecule has 4 nitrogen and oxygen atoms in total. The highest BCUT2D eigenvalue weighted by atomic mass is 32.2. The van der Waals surface area contributed by atoms with Crippen molar-refractivity contribution in [3.63, 3.8) is 0 Å². The molecule has 0 heterocycles. The van der Waals surface area contributed by atoms with Crippen molar-refractivity contribution in [1.29, 1.82) is 0 Å². The van der Waals surface area contributed by atoms with Gasteiger partial charge in [0.1, 0.15) is 0 Å². The fourth-order valence-electron chi connectivity index (χ4n) is 1.15. The lowest BCUT2D eigenvalue weighted by Gasteiger charge is -2.16. The quantitative estimate of drug-likeness (QED) is 0.921. The van der Waals surface area contributed by atoms with Gasteiger partial charge in [0, 0.05) is 5.41 Å². The molecule has 1 aromatic rings. The summed E-state index contributed by atoms with van der Waals surface area (Å²) in [6.45, 7) is 4.56. The van der Waals surface area contributed by atoms with Crippen molar-refractivity contribution in [2.24, 2.45) is 5.41 Å². The van der Waals surface area contributed by atoms with E-state index in [-0.39, 0.29) is 5.78 Å². The van der Waals surface area contributed by atoms with Gasteiger partial charge in [0.05, 0.1) is 11.4 Å². The Labute approximate surface area is 110 Å². The summed E-state index contributed by atoms with van der Waals surface area (Å²) in [6, 6.07) is 2.22. The number of hydrogen-bond donors (Lipinski definition) is 1. The highest BCUT2D eigenvalue weighted by Crippen LogP contribution is 2.16. The van der Waals surface area contributed by atoms with Crippen LogP contribution in [-0.4, -0.2) is 20.7 Å². The number of rotatable bonds is 4. The number of ketones is 1. The zero-order valence-electron chi connectivity index (χ0n) is 10.8. The van der Waals surface area contributed by atoms with E-state index in [9.17, 15) is 22.0 Å². The third-order valence-corrected chi connectivity index (χ3v) is 3.86. The number of carbonyl (C=O) groups excluding carboxylic acids is 1. The smallest absolute Gasteiger partial charge is 0.241 e. The normalized spacial score (nSPS) is 12.5. The summed E-state index contributed by atoms with van der Waals surface area (Å²) >= 11 is 0. The van der Waals surface area contributed by atoms with Crippen molar-refractivity contribution < 1.29 is 22.0 Å². The van der Waals surface area contributed by atoms with Crippen molar-refractivity contribution in [2.45, 2.75) is 25.7 Å². The predicted molar refractivity (Wildman–Crippen MR) is 66.0 cm³/mol. The third kappa shape index (κ3) is 4.07. The number of nitrogens with one attached hydrogen (secondary N) is 1. The van der Waals surface area contributed by atoms with Crippen LogP contribution in [0.15, 0.2) is 23.1 Å². The monoisotopic (exact) mass is 291 g/mol. The molecule has 19 heavy (non-hydrogen) atoms. The van der Waals surface area contributed by atoms with Gasteiger partial charge in [-0.1, -0.05) is 20.8 Å². The van der Waals surface area contributed by atoms with Gasteiger partial charge < -0.3 is 0 Å². The average molecular weight is 291 g/mol. The Hall–Kier alpha value is -1.34. The first-order chi connectivity index (χ1) is 8.54. The molecule has 1 rings (SSSR count). The molecule has 0 fully saturated rings. The lowest BCUT2D eigenvalue weighted by Crippen LogP contribution is -2.35. The number of Topliss-reactive ketones (excluding diaryl/α,β-unsaturated/α-hetero) is 1. The largest absolute Gasteiger partial charge is 0.298 e. The molecule has 0 radical (unpaired) electrons. The first-order valence-electron chi connectivity index (χ1n) is 5.52. The highest BCUT2D eigenvalue weighted by Gasteiger charge is 2.24. The molecule has 0 unspecified atom stereocenters. The number of sulfonamides is 1. The van der Waals surface area contributed by atoms with Crippen molar-refractivity contribution in [2.75, 3.05) is 6.54 Å². The lowest BCUT2D eigenvalue weighted by atomic mass is 9.91. The van der Waals surface area contributed by atoms with E-state index >= 15 is 0 Å². The van der Waals surface area contributed by atoms with Gasteiger partial charge in [0.15, 0.2) is 17.4 Å². The summed E-state index contributed by atoms with van der Waals surface area (Å²) in [5.41, 5.74) is -0.684. The van der Waals surface area contributed by atoms with E-state index in [1.54, 1.807) is 20.8 Å². The molecule has 0 aliphatic carbocycles. The fraction of sp³-hybridized carbons (Fsp3) is 0.417. The molecule has 0 saturated heterocycles. The van der Waals surface area contributed by atoms with Crippen LogP contribution in [0.4, 0.5) is 8.78 Å². The maximum atomic E-state index is 13.0. The van der Waals surface area contributed by atoms with Crippen molar-refractivity contribution >= 4 is 15.8 Å². The van der Waals surface area contributed by atoms with Gasteiger partial charge in [-0.05, 0) is 18.2 Å². The second kappa shape index (κ2) is 5.34. The summed E-state index contributed by atoms with van der Waals surface area (Å²) < 4.78 is 51.3. The highest BCUT2D eigenvalue weighted by molar-refractivity contribution is 7.89. The Kier molecular flexibility index (Phi) is 4.42. The number of hydrogen-bond acceptors (Lipinski definition) is 3. The summed E-state index contributed by atoms with van der Waals surface area (Å²) in [7, 11) is -4.03. The van der Waals surface area contributed by atoms with Gasteiger partial charge in [0.25, 0.3) is 0 Å². The molecule has 1 N–H and O–H groups in total. The summed E-state index contributed by atoms with van der Waals surface area (Å²) in [5.74, 6) is -2.70. The second-order valence-corrected chi connectivity index (χ2v) is 6.84. The molecule has 0 saturated carbocycles. The molecule has 7 heteroatoms. The zero-order valence-corrected chi connectivity index (χ0v) is 11.6. The molecule has 106 valence electrons. The Balaban J connectivity index is 2.88. The van der Waals surface area contributed by atoms with Crippen molar-refractivity contribution in [3.8, 4) is 0 Å². The summed E-state index contributed by atoms with van der Waals surface area (Å²) in [6.07, 6.45) is 0. The molecule has 1 aromatic carbocycles. The minimum Gasteiger partial charge on any atom is -0.298 e. The first-order valence-corrected chi connectivity index (χ1v) is 7.00. The molecule has 0 aliphatic heterocycles. The van der Waals surface area contributed by atoms with E-state index < -0.39 is 38.5 Å². The van der Waals surface area contributed by atoms with Crippen LogP contribution < -0.4 is 4.72 Å². The Bertz CT molecular complexity index is 591. The standard InChI is InChI=1S/C12H15F2NO3S/c1-12(2,3)11(16)7-15-19(17,18)8-4-5-9(13)10(14)6-8/h4-6,15H,7H2,1-3H3. The van der Waals surface area contributed by atoms with Gasteiger partial charge in [0.2, 0.25) is 10.0 Å². The van der Waals surface area contributed by atoms with Crippen LogP contribution in [-0.2, 0) is 14.8 Å². The molecular formula is C12H15F2NO3S. The van der Waals surface area contributed by atoms with E-state index in [0.29, 0.717) is 6.07 Å². The number of benzene rings is 1. The number of halogens is 2. The van der Waals surface area contributed by atoms with Crippen LogP contribution in [0, 0.1) is 17.0 Å². The maximum Gasteiger partial charge on any atom is 0.241 e. The first kappa shape index (κ1) is 15.7.